The van der Waals surface area contributed by atoms with E-state index in [2.05, 4.69) is 5.32 Å². The number of aromatic hydroxyl groups is 1. The number of phenols is 1. The Labute approximate surface area is 167 Å². The van der Waals surface area contributed by atoms with Crippen molar-refractivity contribution in [2.75, 3.05) is 18.4 Å². The number of carbonyl (C=O) groups is 1. The van der Waals surface area contributed by atoms with Crippen molar-refractivity contribution in [3.05, 3.63) is 53.6 Å². The van der Waals surface area contributed by atoms with Gasteiger partial charge in [-0.3, -0.25) is 4.79 Å². The minimum absolute atomic E-state index is 0.0479. The van der Waals surface area contributed by atoms with Crippen LogP contribution in [0.1, 0.15) is 50.5 Å². The zero-order valence-corrected chi connectivity index (χ0v) is 17.8. The molecule has 0 saturated carbocycles. The van der Waals surface area contributed by atoms with Crippen molar-refractivity contribution >= 4 is 21.6 Å². The van der Waals surface area contributed by atoms with Crippen LogP contribution in [0.4, 0.5) is 5.69 Å². The maximum Gasteiger partial charge on any atom is 0.255 e. The van der Waals surface area contributed by atoms with Gasteiger partial charge >= 0.3 is 0 Å². The molecule has 1 amide bonds. The summed E-state index contributed by atoms with van der Waals surface area (Å²) in [5.74, 6) is -0.536. The number of nitrogens with zero attached hydrogens (tertiary/aromatic N) is 1. The lowest BCUT2D eigenvalue weighted by Gasteiger charge is -2.20. The maximum atomic E-state index is 12.7. The van der Waals surface area contributed by atoms with Gasteiger partial charge in [0.15, 0.2) is 0 Å². The number of benzene rings is 2. The Kier molecular flexibility index (Phi) is 6.52. The van der Waals surface area contributed by atoms with Gasteiger partial charge in [-0.25, -0.2) is 8.42 Å². The molecule has 0 heterocycles. The van der Waals surface area contributed by atoms with Crippen molar-refractivity contribution in [1.29, 1.82) is 0 Å². The first-order chi connectivity index (χ1) is 13.0. The summed E-state index contributed by atoms with van der Waals surface area (Å²) in [6.07, 6.45) is 0. The lowest BCUT2D eigenvalue weighted by molar-refractivity contribution is 0.102. The summed E-state index contributed by atoms with van der Waals surface area (Å²) in [5.41, 5.74) is 1.30. The van der Waals surface area contributed by atoms with Gasteiger partial charge < -0.3 is 10.4 Å². The van der Waals surface area contributed by atoms with E-state index >= 15 is 0 Å². The third-order valence-corrected chi connectivity index (χ3v) is 6.60. The number of phenolic OH excluding ortho intramolecular Hbond substituents is 1. The van der Waals surface area contributed by atoms with Crippen molar-refractivity contribution in [3.8, 4) is 5.75 Å². The molecule has 0 spiro atoms. The van der Waals surface area contributed by atoms with Gasteiger partial charge in [0.05, 0.1) is 10.6 Å². The quantitative estimate of drug-likeness (QED) is 0.713. The normalized spacial score (nSPS) is 12.2. The molecule has 0 atom stereocenters. The predicted molar refractivity (Wildman–Crippen MR) is 111 cm³/mol. The number of hydrogen-bond acceptors (Lipinski definition) is 4. The van der Waals surface area contributed by atoms with Crippen LogP contribution in [0.3, 0.4) is 0 Å². The summed E-state index contributed by atoms with van der Waals surface area (Å²) >= 11 is 0. The van der Waals surface area contributed by atoms with Crippen molar-refractivity contribution in [1.82, 2.24) is 4.31 Å². The van der Waals surface area contributed by atoms with Crippen molar-refractivity contribution in [2.45, 2.75) is 44.9 Å². The molecule has 0 saturated heterocycles. The van der Waals surface area contributed by atoms with Crippen LogP contribution in [0.5, 0.6) is 5.75 Å². The first-order valence-corrected chi connectivity index (χ1v) is 10.7. The number of sulfonamides is 1. The molecule has 0 aliphatic carbocycles. The lowest BCUT2D eigenvalue weighted by Crippen LogP contribution is -2.30. The number of nitrogens with one attached hydrogen (secondary N) is 1. The Morgan fingerprint density at radius 3 is 2.29 bits per heavy atom. The van der Waals surface area contributed by atoms with Gasteiger partial charge in [-0.05, 0) is 41.3 Å². The number of anilines is 1. The molecule has 6 nitrogen and oxygen atoms in total. The van der Waals surface area contributed by atoms with Gasteiger partial charge in [-0.1, -0.05) is 46.8 Å². The zero-order chi connectivity index (χ0) is 21.1. The van der Waals surface area contributed by atoms with Gasteiger partial charge in [-0.15, -0.1) is 0 Å². The fraction of sp³-hybridized carbons (Fsp3) is 0.381. The zero-order valence-electron chi connectivity index (χ0n) is 17.0. The van der Waals surface area contributed by atoms with Crippen molar-refractivity contribution in [3.63, 3.8) is 0 Å². The van der Waals surface area contributed by atoms with Gasteiger partial charge in [0.2, 0.25) is 10.0 Å². The second-order valence-corrected chi connectivity index (χ2v) is 9.49. The smallest absolute Gasteiger partial charge is 0.255 e. The summed E-state index contributed by atoms with van der Waals surface area (Å²) in [5, 5.41) is 12.8. The Bertz CT molecular complexity index is 959. The molecule has 0 radical (unpaired) electrons. The minimum atomic E-state index is -3.66. The van der Waals surface area contributed by atoms with E-state index in [-0.39, 0.29) is 27.3 Å². The lowest BCUT2D eigenvalue weighted by atomic mass is 9.87. The van der Waals surface area contributed by atoms with Crippen LogP contribution >= 0.6 is 0 Å². The highest BCUT2D eigenvalue weighted by Crippen LogP contribution is 2.31. The van der Waals surface area contributed by atoms with Crippen LogP contribution in [0.15, 0.2) is 47.4 Å². The third kappa shape index (κ3) is 4.72. The molecular weight excluding hydrogens is 376 g/mol. The Morgan fingerprint density at radius 2 is 1.71 bits per heavy atom. The van der Waals surface area contributed by atoms with E-state index < -0.39 is 15.9 Å². The van der Waals surface area contributed by atoms with Crippen LogP contribution in [0.25, 0.3) is 0 Å². The Hall–Kier alpha value is -2.38. The van der Waals surface area contributed by atoms with Crippen molar-refractivity contribution in [2.24, 2.45) is 0 Å². The molecule has 2 rings (SSSR count). The van der Waals surface area contributed by atoms with Gasteiger partial charge in [0.25, 0.3) is 5.91 Å². The molecule has 0 aliphatic rings. The number of rotatable bonds is 6. The molecule has 0 aromatic heterocycles. The molecule has 152 valence electrons. The third-order valence-electron chi connectivity index (χ3n) is 4.55. The highest BCUT2D eigenvalue weighted by Gasteiger charge is 2.23. The van der Waals surface area contributed by atoms with Crippen LogP contribution in [-0.2, 0) is 15.4 Å². The average molecular weight is 405 g/mol. The summed E-state index contributed by atoms with van der Waals surface area (Å²) in [6.45, 7) is 10.3. The monoisotopic (exact) mass is 404 g/mol. The summed E-state index contributed by atoms with van der Waals surface area (Å²) in [4.78, 5) is 12.8. The highest BCUT2D eigenvalue weighted by atomic mass is 32.2. The molecule has 7 heteroatoms. The summed E-state index contributed by atoms with van der Waals surface area (Å²) in [6, 6.07) is 11.0. The van der Waals surface area contributed by atoms with Gasteiger partial charge in [0, 0.05) is 18.7 Å². The standard InChI is InChI=1S/C21H28N2O4S/c1-6-23(7-2)28(26,27)17-10-8-9-15(13-17)20(25)22-18-14-16(21(3,4)5)11-12-19(18)24/h8-14,24H,6-7H2,1-5H3,(H,22,25). The Morgan fingerprint density at radius 1 is 1.07 bits per heavy atom. The number of amides is 1. The molecular formula is C21H28N2O4S. The van der Waals surface area contributed by atoms with E-state index in [4.69, 9.17) is 0 Å². The van der Waals surface area contributed by atoms with Gasteiger partial charge in [-0.2, -0.15) is 4.31 Å². The van der Waals surface area contributed by atoms with Crippen molar-refractivity contribution < 1.29 is 18.3 Å². The largest absolute Gasteiger partial charge is 0.506 e. The van der Waals surface area contributed by atoms with E-state index in [1.54, 1.807) is 26.0 Å². The Balaban J connectivity index is 2.35. The van der Waals surface area contributed by atoms with E-state index in [0.29, 0.717) is 13.1 Å². The van der Waals surface area contributed by atoms with Crippen LogP contribution in [0, 0.1) is 0 Å². The van der Waals surface area contributed by atoms with E-state index in [1.165, 1.54) is 28.6 Å². The molecule has 0 unspecified atom stereocenters. The maximum absolute atomic E-state index is 12.7. The molecule has 2 aromatic carbocycles. The van der Waals surface area contributed by atoms with E-state index in [1.807, 2.05) is 26.8 Å². The van der Waals surface area contributed by atoms with Crippen LogP contribution < -0.4 is 5.32 Å². The first kappa shape index (κ1) is 21.9. The fourth-order valence-corrected chi connectivity index (χ4v) is 4.31. The number of carbonyl (C=O) groups excluding carboxylic acids is 1. The summed E-state index contributed by atoms with van der Waals surface area (Å²) < 4.78 is 26.7. The van der Waals surface area contributed by atoms with Gasteiger partial charge in [0.1, 0.15) is 5.75 Å². The second kappa shape index (κ2) is 8.32. The minimum Gasteiger partial charge on any atom is -0.506 e. The SMILES string of the molecule is CCN(CC)S(=O)(=O)c1cccc(C(=O)Nc2cc(C(C)(C)C)ccc2O)c1. The topological polar surface area (TPSA) is 86.7 Å². The highest BCUT2D eigenvalue weighted by molar-refractivity contribution is 7.89. The number of hydrogen-bond donors (Lipinski definition) is 2. The molecule has 0 aliphatic heterocycles. The summed E-state index contributed by atoms with van der Waals surface area (Å²) in [7, 11) is -3.66. The molecule has 28 heavy (non-hydrogen) atoms. The van der Waals surface area contributed by atoms with Crippen LogP contribution in [0.2, 0.25) is 0 Å². The van der Waals surface area contributed by atoms with E-state index in [0.717, 1.165) is 5.56 Å². The first-order valence-electron chi connectivity index (χ1n) is 9.25. The molecule has 0 bridgehead atoms. The van der Waals surface area contributed by atoms with E-state index in [9.17, 15) is 18.3 Å². The second-order valence-electron chi connectivity index (χ2n) is 7.55. The fourth-order valence-electron chi connectivity index (χ4n) is 2.81. The molecule has 2 aromatic rings. The average Bonchev–Trinajstić information content (AvgIpc) is 2.63. The predicted octanol–water partition coefficient (Wildman–Crippen LogP) is 3.97. The molecule has 2 N–H and O–H groups in total. The van der Waals surface area contributed by atoms with Crippen LogP contribution in [-0.4, -0.2) is 36.8 Å². The molecule has 0 fully saturated rings.